The monoisotopic (exact) mass is 740 g/mol. The van der Waals surface area contributed by atoms with Gasteiger partial charge in [0.1, 0.15) is 11.5 Å². The van der Waals surface area contributed by atoms with E-state index in [4.69, 9.17) is 8.23 Å². The molecule has 4 rings (SSSR count). The Balaban J connectivity index is 1.32. The Morgan fingerprint density at radius 3 is 1.72 bits per heavy atom. The Kier molecular flexibility index (Phi) is 11.8. The van der Waals surface area contributed by atoms with E-state index in [0.717, 1.165) is 46.5 Å². The zero-order valence-corrected chi connectivity index (χ0v) is 34.5. The average Bonchev–Trinajstić information content (AvgIpc) is 3.40. The molecule has 2 heterocycles. The van der Waals surface area contributed by atoms with Crippen LogP contribution in [0.25, 0.3) is 0 Å². The fraction of sp³-hybridized carbons (Fsp3) is 0.568. The van der Waals surface area contributed by atoms with E-state index in [2.05, 4.69) is 39.3 Å². The van der Waals surface area contributed by atoms with Crippen LogP contribution >= 0.6 is 0 Å². The van der Waals surface area contributed by atoms with Gasteiger partial charge in [0.15, 0.2) is 16.6 Å². The van der Waals surface area contributed by atoms with Crippen molar-refractivity contribution in [3.05, 3.63) is 53.1 Å². The molecule has 0 aromatic heterocycles. The number of likely N-dealkylation sites (tertiary alicyclic amines) is 1. The number of carbonyl (C=O) groups excluding carboxylic acids is 4. The van der Waals surface area contributed by atoms with Crippen LogP contribution in [0.4, 0.5) is 5.69 Å². The van der Waals surface area contributed by atoms with Gasteiger partial charge in [0.25, 0.3) is 0 Å². The minimum Gasteiger partial charge on any atom is -0.508 e. The summed E-state index contributed by atoms with van der Waals surface area (Å²) in [5.74, 6) is -1.37. The van der Waals surface area contributed by atoms with Gasteiger partial charge in [0, 0.05) is 37.1 Å². The van der Waals surface area contributed by atoms with Crippen LogP contribution in [0, 0.1) is 18.8 Å². The van der Waals surface area contributed by atoms with Crippen LogP contribution in [-0.2, 0) is 32.8 Å². The van der Waals surface area contributed by atoms with E-state index in [1.54, 1.807) is 25.2 Å². The van der Waals surface area contributed by atoms with Gasteiger partial charge < -0.3 is 18.4 Å². The summed E-state index contributed by atoms with van der Waals surface area (Å²) >= 11 is 0. The summed E-state index contributed by atoms with van der Waals surface area (Å²) in [6.07, 6.45) is 3.23. The molecule has 0 radical (unpaired) electrons. The van der Waals surface area contributed by atoms with Crippen molar-refractivity contribution < 1.29 is 37.6 Å². The minimum absolute atomic E-state index is 0.0778. The number of amides is 4. The van der Waals surface area contributed by atoms with Gasteiger partial charge in [0.2, 0.25) is 23.6 Å². The van der Waals surface area contributed by atoms with E-state index in [1.807, 2.05) is 32.9 Å². The zero-order chi connectivity index (χ0) is 37.4. The third-order valence-corrected chi connectivity index (χ3v) is 21.7. The van der Waals surface area contributed by atoms with Crippen molar-refractivity contribution in [3.63, 3.8) is 0 Å². The predicted octanol–water partition coefficient (Wildman–Crippen LogP) is 7.32. The molecule has 2 aliphatic rings. The van der Waals surface area contributed by atoms with Gasteiger partial charge in [-0.05, 0) is 106 Å². The fourth-order valence-electron chi connectivity index (χ4n) is 7.54. The van der Waals surface area contributed by atoms with Crippen molar-refractivity contribution in [1.29, 1.82) is 0 Å². The number of hydrogen-bond donors (Lipinski definition) is 2. The summed E-state index contributed by atoms with van der Waals surface area (Å²) < 4.78 is 13.5. The molecule has 0 bridgehead atoms. The molecule has 2 unspecified atom stereocenters. The van der Waals surface area contributed by atoms with Crippen LogP contribution in [0.3, 0.4) is 0 Å². The van der Waals surface area contributed by atoms with Gasteiger partial charge in [0.05, 0.1) is 5.69 Å². The lowest BCUT2D eigenvalue weighted by Crippen LogP contribution is -2.52. The maximum absolute atomic E-state index is 13.6. The van der Waals surface area contributed by atoms with Crippen molar-refractivity contribution in [1.82, 2.24) is 4.90 Å². The van der Waals surface area contributed by atoms with Crippen molar-refractivity contribution in [2.75, 3.05) is 11.9 Å². The van der Waals surface area contributed by atoms with Crippen LogP contribution in [-0.4, -0.2) is 71.0 Å². The van der Waals surface area contributed by atoms with Crippen LogP contribution in [0.15, 0.2) is 36.4 Å². The topological polar surface area (TPSA) is 134 Å². The maximum atomic E-state index is 13.6. The highest BCUT2D eigenvalue weighted by molar-refractivity contribution is 6.87. The summed E-state index contributed by atoms with van der Waals surface area (Å²) in [5, 5.41) is 20.8. The molecule has 4 amide bonds. The average molecular weight is 741 g/mol. The van der Waals surface area contributed by atoms with Crippen molar-refractivity contribution >= 4 is 54.5 Å². The fourth-order valence-corrected chi connectivity index (χ4v) is 21.7. The standard InChI is InChI=1S/C37H56N2O8Si3/c1-25-21-28(15-17-31(25)40)37(2,3)29-16-18-32(41)30(24-29)39-34(43)23-27(36(39)45)14-12-20-49(7,8)47-50(9,10)46-48(5,6)19-11-13-26-22-33(42)38(4)35(26)44/h15-18,21,24,26-27,40-41H,11-14,19-20,22-23H2,1-10H3. The molecule has 2 fully saturated rings. The first-order chi connectivity index (χ1) is 23.0. The number of phenolic OH excluding ortho intramolecular Hbond substituents is 2. The van der Waals surface area contributed by atoms with Gasteiger partial charge >= 0.3 is 8.56 Å². The smallest absolute Gasteiger partial charge is 0.311 e. The van der Waals surface area contributed by atoms with E-state index < -0.39 is 36.5 Å². The van der Waals surface area contributed by atoms with Gasteiger partial charge in [-0.1, -0.05) is 44.9 Å². The molecule has 2 N–H and O–H groups in total. The number of aromatic hydroxyl groups is 2. The molecule has 50 heavy (non-hydrogen) atoms. The molecule has 0 spiro atoms. The van der Waals surface area contributed by atoms with Crippen molar-refractivity contribution in [2.45, 2.75) is 116 Å². The van der Waals surface area contributed by atoms with Gasteiger partial charge in [-0.25, -0.2) is 4.90 Å². The van der Waals surface area contributed by atoms with Crippen molar-refractivity contribution in [3.8, 4) is 11.5 Å². The molecule has 0 aliphatic carbocycles. The Labute approximate surface area is 300 Å². The maximum Gasteiger partial charge on any atom is 0.311 e. The molecule has 0 saturated carbocycles. The van der Waals surface area contributed by atoms with Crippen LogP contribution in [0.1, 0.15) is 69.1 Å². The molecular formula is C37H56N2O8Si3. The number of hydrogen-bond acceptors (Lipinski definition) is 8. The number of carbonyl (C=O) groups is 4. The van der Waals surface area contributed by atoms with E-state index in [0.29, 0.717) is 19.3 Å². The van der Waals surface area contributed by atoms with E-state index in [9.17, 15) is 29.4 Å². The predicted molar refractivity (Wildman–Crippen MR) is 202 cm³/mol. The largest absolute Gasteiger partial charge is 0.508 e. The summed E-state index contributed by atoms with van der Waals surface area (Å²) in [6, 6.07) is 12.2. The second kappa shape index (κ2) is 14.9. The van der Waals surface area contributed by atoms with Crippen LogP contribution in [0.2, 0.25) is 51.4 Å². The zero-order valence-electron chi connectivity index (χ0n) is 31.5. The first-order valence-corrected chi connectivity index (χ1v) is 26.8. The molecular weight excluding hydrogens is 685 g/mol. The highest BCUT2D eigenvalue weighted by Gasteiger charge is 2.43. The van der Waals surface area contributed by atoms with Gasteiger partial charge in [-0.15, -0.1) is 0 Å². The molecule has 2 saturated heterocycles. The normalized spacial score (nSPS) is 19.3. The molecule has 2 aromatic rings. The number of imide groups is 2. The second-order valence-corrected chi connectivity index (χ2v) is 28.9. The Hall–Kier alpha value is -3.11. The molecule has 2 atom stereocenters. The Morgan fingerprint density at radius 1 is 0.740 bits per heavy atom. The summed E-state index contributed by atoms with van der Waals surface area (Å²) in [7, 11) is -5.20. The number of benzene rings is 2. The molecule has 13 heteroatoms. The number of rotatable bonds is 15. The molecule has 2 aliphatic heterocycles. The molecule has 274 valence electrons. The minimum atomic E-state index is -2.49. The van der Waals surface area contributed by atoms with Gasteiger partial charge in [-0.3, -0.25) is 24.1 Å². The second-order valence-electron chi connectivity index (χ2n) is 16.4. The quantitative estimate of drug-likeness (QED) is 0.143. The SMILES string of the molecule is Cc1cc(C(C)(C)c2ccc(O)c(N3C(=O)CC(CCC[Si](C)(C)O[Si](C)(C)O[Si](C)(C)CCCC4CC(=O)N(C)C4=O)C3=O)c2)ccc1O. The van der Waals surface area contributed by atoms with E-state index in [1.165, 1.54) is 11.0 Å². The number of aryl methyl sites for hydroxylation is 1. The summed E-state index contributed by atoms with van der Waals surface area (Å²) in [4.78, 5) is 53.4. The molecule has 2 aromatic carbocycles. The first kappa shape index (κ1) is 39.7. The lowest BCUT2D eigenvalue weighted by molar-refractivity contribution is -0.137. The van der Waals surface area contributed by atoms with Crippen molar-refractivity contribution in [2.24, 2.45) is 11.8 Å². The number of phenols is 2. The summed E-state index contributed by atoms with van der Waals surface area (Å²) in [6.45, 7) is 18.8. The number of nitrogens with zero attached hydrogens (tertiary/aromatic N) is 2. The highest BCUT2D eigenvalue weighted by atomic mass is 28.5. The van der Waals surface area contributed by atoms with Crippen LogP contribution in [0.5, 0.6) is 11.5 Å². The Bertz CT molecular complexity index is 1640. The van der Waals surface area contributed by atoms with E-state index >= 15 is 0 Å². The third-order valence-electron chi connectivity index (χ3n) is 10.3. The van der Waals surface area contributed by atoms with E-state index in [-0.39, 0.29) is 53.2 Å². The third kappa shape index (κ3) is 9.21. The summed E-state index contributed by atoms with van der Waals surface area (Å²) in [5.41, 5.74) is 2.23. The highest BCUT2D eigenvalue weighted by Crippen LogP contribution is 2.41. The van der Waals surface area contributed by atoms with Gasteiger partial charge in [-0.2, -0.15) is 0 Å². The first-order valence-electron chi connectivity index (χ1n) is 17.7. The lowest BCUT2D eigenvalue weighted by Gasteiger charge is -2.39. The Morgan fingerprint density at radius 2 is 1.22 bits per heavy atom. The van der Waals surface area contributed by atoms with Crippen LogP contribution < -0.4 is 4.90 Å². The molecule has 10 nitrogen and oxygen atoms in total. The number of anilines is 1. The lowest BCUT2D eigenvalue weighted by atomic mass is 9.77.